The number of aliphatic imine (C=N–C) groups is 1. The van der Waals surface area contributed by atoms with Gasteiger partial charge in [0.1, 0.15) is 40.9 Å². The van der Waals surface area contributed by atoms with Gasteiger partial charge < -0.3 is 21.5 Å². The van der Waals surface area contributed by atoms with Gasteiger partial charge in [-0.2, -0.15) is 23.7 Å². The van der Waals surface area contributed by atoms with Gasteiger partial charge in [-0.3, -0.25) is 5.32 Å². The number of nitrogens with zero attached hydrogens (tertiary/aromatic N) is 4. The predicted molar refractivity (Wildman–Crippen MR) is 97.4 cm³/mol. The van der Waals surface area contributed by atoms with E-state index in [0.717, 1.165) is 7.11 Å². The molecule has 0 bridgehead atoms. The molecule has 0 amide bonds. The molecule has 1 aromatic heterocycles. The molecule has 0 spiro atoms. The molecular weight excluding hydrogens is 408 g/mol. The number of aromatic nitrogens is 1. The summed E-state index contributed by atoms with van der Waals surface area (Å²) in [6.45, 7) is 0. The van der Waals surface area contributed by atoms with Crippen LogP contribution in [0.4, 0.5) is 34.9 Å². The molecule has 1 aliphatic rings. The van der Waals surface area contributed by atoms with Gasteiger partial charge >= 0.3 is 6.18 Å². The van der Waals surface area contributed by atoms with Crippen molar-refractivity contribution in [2.45, 2.75) is 12.2 Å². The molecule has 0 saturated heterocycles. The molecule has 1 aliphatic heterocycles. The highest BCUT2D eigenvalue weighted by atomic mass is 19.4. The molecule has 9 nitrogen and oxygen atoms in total. The van der Waals surface area contributed by atoms with Crippen LogP contribution >= 0.6 is 0 Å². The second kappa shape index (κ2) is 7.29. The minimum atomic E-state index is -4.86. The van der Waals surface area contributed by atoms with E-state index in [9.17, 15) is 22.8 Å². The van der Waals surface area contributed by atoms with E-state index < -0.39 is 34.9 Å². The van der Waals surface area contributed by atoms with Crippen molar-refractivity contribution >= 4 is 23.3 Å². The van der Waals surface area contributed by atoms with Crippen LogP contribution in [0.2, 0.25) is 0 Å². The van der Waals surface area contributed by atoms with Crippen LogP contribution in [0.5, 0.6) is 5.75 Å². The van der Waals surface area contributed by atoms with Crippen molar-refractivity contribution in [2.24, 2.45) is 4.99 Å². The van der Waals surface area contributed by atoms with Crippen molar-refractivity contribution in [3.8, 4) is 18.0 Å². The quantitative estimate of drug-likeness (QED) is 0.327. The number of benzene rings is 1. The molecule has 3 rings (SSSR count). The van der Waals surface area contributed by atoms with Gasteiger partial charge in [0.05, 0.1) is 23.9 Å². The third-order valence-corrected chi connectivity index (χ3v) is 4.28. The molecule has 0 saturated carbocycles. The van der Waals surface area contributed by atoms with E-state index >= 15 is 0 Å². The first kappa shape index (κ1) is 20.5. The minimum Gasteiger partial charge on any atom is -0.496 e. The number of fused-ring (bicyclic) bond motifs is 1. The zero-order valence-corrected chi connectivity index (χ0v) is 15.1. The summed E-state index contributed by atoms with van der Waals surface area (Å²) in [6, 6.07) is 1.35. The summed E-state index contributed by atoms with van der Waals surface area (Å²) in [5.74, 6) is -2.53. The van der Waals surface area contributed by atoms with E-state index in [4.69, 9.17) is 21.5 Å². The maximum Gasteiger partial charge on any atom is 0.419 e. The second-order valence-corrected chi connectivity index (χ2v) is 5.94. The average molecular weight is 420 g/mol. The molecule has 30 heavy (non-hydrogen) atoms. The average Bonchev–Trinajstić information content (AvgIpc) is 2.66. The lowest BCUT2D eigenvalue weighted by Gasteiger charge is -2.28. The molecule has 2 aromatic rings. The fourth-order valence-electron chi connectivity index (χ4n) is 3.06. The van der Waals surface area contributed by atoms with E-state index in [1.165, 1.54) is 0 Å². The van der Waals surface area contributed by atoms with Crippen molar-refractivity contribution in [2.75, 3.05) is 23.9 Å². The summed E-state index contributed by atoms with van der Waals surface area (Å²) in [5, 5.41) is 22.9. The standard InChI is InChI=1S/C17H12F4N8O/c1-30-13-7(17(19,20)21)2-3-8(18)9(13)12-10-11(24)6(4-22)14(25)28-15(10)29-16(27-12)26-5-23/h2-3,12H,1H3,(H6,24,25,26,27,28,29). The van der Waals surface area contributed by atoms with Gasteiger partial charge in [-0.25, -0.2) is 14.4 Å². The normalized spacial score (nSPS) is 15.2. The summed E-state index contributed by atoms with van der Waals surface area (Å²) in [7, 11) is 0.943. The van der Waals surface area contributed by atoms with E-state index in [0.29, 0.717) is 12.1 Å². The summed E-state index contributed by atoms with van der Waals surface area (Å²) in [5.41, 5.74) is 9.26. The van der Waals surface area contributed by atoms with Crippen LogP contribution in [0.15, 0.2) is 17.1 Å². The van der Waals surface area contributed by atoms with E-state index in [2.05, 4.69) is 20.6 Å². The summed E-state index contributed by atoms with van der Waals surface area (Å²) >= 11 is 0. The third-order valence-electron chi connectivity index (χ3n) is 4.28. The van der Waals surface area contributed by atoms with Gasteiger partial charge in [0.2, 0.25) is 5.96 Å². The fraction of sp³-hybridized carbons (Fsp3) is 0.176. The number of alkyl halides is 3. The lowest BCUT2D eigenvalue weighted by Crippen LogP contribution is -2.33. The Morgan fingerprint density at radius 2 is 1.93 bits per heavy atom. The Bertz CT molecular complexity index is 1150. The second-order valence-electron chi connectivity index (χ2n) is 5.94. The number of nitrogen functional groups attached to an aromatic ring is 2. The number of methoxy groups -OCH3 is 1. The number of halogens is 4. The minimum absolute atomic E-state index is 0.0965. The molecule has 13 heteroatoms. The number of guanidine groups is 1. The summed E-state index contributed by atoms with van der Waals surface area (Å²) in [6.07, 6.45) is -3.28. The monoisotopic (exact) mass is 420 g/mol. The molecule has 1 atom stereocenters. The van der Waals surface area contributed by atoms with Gasteiger partial charge in [-0.05, 0) is 12.1 Å². The van der Waals surface area contributed by atoms with Crippen molar-refractivity contribution in [1.82, 2.24) is 10.3 Å². The third kappa shape index (κ3) is 3.22. The Kier molecular flexibility index (Phi) is 4.97. The fourth-order valence-corrected chi connectivity index (χ4v) is 3.06. The lowest BCUT2D eigenvalue weighted by molar-refractivity contribution is -0.138. The van der Waals surface area contributed by atoms with Crippen LogP contribution in [0.1, 0.15) is 28.3 Å². The maximum absolute atomic E-state index is 14.8. The number of hydrogen-bond acceptors (Lipinski definition) is 9. The first-order valence-corrected chi connectivity index (χ1v) is 8.06. The predicted octanol–water partition coefficient (Wildman–Crippen LogP) is 2.23. The number of nitrogens with one attached hydrogen (secondary N) is 2. The molecule has 1 unspecified atom stereocenters. The Labute approximate surface area is 166 Å². The molecule has 0 fully saturated rings. The topological polar surface area (TPSA) is 158 Å². The molecule has 1 aromatic carbocycles. The number of anilines is 3. The molecule has 2 heterocycles. The molecule has 6 N–H and O–H groups in total. The number of nitriles is 2. The highest BCUT2D eigenvalue weighted by Crippen LogP contribution is 2.47. The van der Waals surface area contributed by atoms with Crippen molar-refractivity contribution in [1.29, 1.82) is 10.5 Å². The summed E-state index contributed by atoms with van der Waals surface area (Å²) in [4.78, 5) is 8.01. The Morgan fingerprint density at radius 1 is 1.23 bits per heavy atom. The largest absolute Gasteiger partial charge is 0.496 e. The number of rotatable bonds is 2. The van der Waals surface area contributed by atoms with Gasteiger partial charge in [-0.15, -0.1) is 0 Å². The summed E-state index contributed by atoms with van der Waals surface area (Å²) < 4.78 is 60.1. The first-order chi connectivity index (χ1) is 14.1. The van der Waals surface area contributed by atoms with Crippen LogP contribution in [0.3, 0.4) is 0 Å². The van der Waals surface area contributed by atoms with Crippen molar-refractivity contribution in [3.05, 3.63) is 40.2 Å². The lowest BCUT2D eigenvalue weighted by atomic mass is 9.92. The van der Waals surface area contributed by atoms with Crippen LogP contribution in [-0.4, -0.2) is 18.1 Å². The van der Waals surface area contributed by atoms with Gasteiger partial charge in [0.15, 0.2) is 6.19 Å². The van der Waals surface area contributed by atoms with E-state index in [1.54, 1.807) is 12.3 Å². The Hall–Kier alpha value is -4.26. The Balaban J connectivity index is 2.40. The van der Waals surface area contributed by atoms with Crippen molar-refractivity contribution in [3.63, 3.8) is 0 Å². The van der Waals surface area contributed by atoms with E-state index in [1.807, 2.05) is 0 Å². The SMILES string of the molecule is COc1c(C(F)(F)F)ccc(F)c1C1N=C(NC#N)Nc2nc(N)c(C#N)c(N)c21. The molecule has 0 radical (unpaired) electrons. The number of hydrogen-bond donors (Lipinski definition) is 4. The highest BCUT2D eigenvalue weighted by molar-refractivity contribution is 5.98. The zero-order chi connectivity index (χ0) is 22.2. The van der Waals surface area contributed by atoms with E-state index in [-0.39, 0.29) is 34.4 Å². The van der Waals surface area contributed by atoms with Crippen LogP contribution in [0.25, 0.3) is 0 Å². The van der Waals surface area contributed by atoms with Gasteiger partial charge in [-0.1, -0.05) is 0 Å². The number of nitrogens with two attached hydrogens (primary N) is 2. The van der Waals surface area contributed by atoms with Crippen LogP contribution in [0, 0.1) is 28.6 Å². The smallest absolute Gasteiger partial charge is 0.419 e. The maximum atomic E-state index is 14.8. The zero-order valence-electron chi connectivity index (χ0n) is 15.1. The number of ether oxygens (including phenoxy) is 1. The first-order valence-electron chi connectivity index (χ1n) is 8.06. The van der Waals surface area contributed by atoms with Crippen LogP contribution < -0.4 is 26.8 Å². The van der Waals surface area contributed by atoms with Gasteiger partial charge in [0, 0.05) is 5.56 Å². The molecule has 0 aliphatic carbocycles. The van der Waals surface area contributed by atoms with Crippen LogP contribution in [-0.2, 0) is 6.18 Å². The number of pyridine rings is 1. The molecular formula is C17H12F4N8O. The highest BCUT2D eigenvalue weighted by Gasteiger charge is 2.40. The molecule has 154 valence electrons. The van der Waals surface area contributed by atoms with Crippen molar-refractivity contribution < 1.29 is 22.3 Å². The Morgan fingerprint density at radius 3 is 2.50 bits per heavy atom. The van der Waals surface area contributed by atoms with Gasteiger partial charge in [0.25, 0.3) is 0 Å².